The van der Waals surface area contributed by atoms with Crippen LogP contribution in [0.1, 0.15) is 0 Å². The van der Waals surface area contributed by atoms with Gasteiger partial charge in [0.05, 0.1) is 4.90 Å². The van der Waals surface area contributed by atoms with Crippen LogP contribution in [-0.2, 0) is 14.8 Å². The molecule has 1 aromatic rings. The number of hydrogen-bond acceptors (Lipinski definition) is 5. The van der Waals surface area contributed by atoms with E-state index in [1.165, 1.54) is 23.5 Å². The molecule has 1 fully saturated rings. The standard InChI is InChI=1S/C14H20FN3O4S/c1-16-14(19)10-22-13-4-3-11(9-12(13)15)23(20,21)18-7-5-17(2)6-8-18/h3-4,9H,5-8,10H2,1-2H3,(H,16,19). The number of nitrogens with one attached hydrogen (secondary N) is 1. The van der Waals surface area contributed by atoms with E-state index >= 15 is 0 Å². The van der Waals surface area contributed by atoms with E-state index in [1.54, 1.807) is 0 Å². The normalized spacial score (nSPS) is 17.0. The molecule has 23 heavy (non-hydrogen) atoms. The summed E-state index contributed by atoms with van der Waals surface area (Å²) in [6, 6.07) is 3.43. The van der Waals surface area contributed by atoms with E-state index in [0.717, 1.165) is 6.07 Å². The minimum atomic E-state index is -3.73. The van der Waals surface area contributed by atoms with Crippen molar-refractivity contribution >= 4 is 15.9 Å². The van der Waals surface area contributed by atoms with Crippen molar-refractivity contribution in [3.05, 3.63) is 24.0 Å². The van der Waals surface area contributed by atoms with Crippen molar-refractivity contribution < 1.29 is 22.3 Å². The average Bonchev–Trinajstić information content (AvgIpc) is 2.53. The summed E-state index contributed by atoms with van der Waals surface area (Å²) in [5, 5.41) is 2.34. The van der Waals surface area contributed by atoms with Gasteiger partial charge < -0.3 is 15.0 Å². The Hall–Kier alpha value is -1.71. The zero-order chi connectivity index (χ0) is 17.0. The lowest BCUT2D eigenvalue weighted by Crippen LogP contribution is -2.47. The van der Waals surface area contributed by atoms with Gasteiger partial charge in [0.1, 0.15) is 0 Å². The van der Waals surface area contributed by atoms with Gasteiger partial charge >= 0.3 is 0 Å². The molecule has 1 amide bonds. The average molecular weight is 345 g/mol. The van der Waals surface area contributed by atoms with Crippen molar-refractivity contribution in [1.29, 1.82) is 0 Å². The van der Waals surface area contributed by atoms with Crippen LogP contribution in [0.3, 0.4) is 0 Å². The predicted molar refractivity (Wildman–Crippen MR) is 82.2 cm³/mol. The third-order valence-corrected chi connectivity index (χ3v) is 5.54. The van der Waals surface area contributed by atoms with Gasteiger partial charge in [-0.2, -0.15) is 4.31 Å². The summed E-state index contributed by atoms with van der Waals surface area (Å²) < 4.78 is 45.4. The van der Waals surface area contributed by atoms with E-state index in [0.29, 0.717) is 26.2 Å². The number of rotatable bonds is 5. The summed E-state index contributed by atoms with van der Waals surface area (Å²) in [5.41, 5.74) is 0. The first-order chi connectivity index (χ1) is 10.8. The molecule has 128 valence electrons. The van der Waals surface area contributed by atoms with Crippen LogP contribution >= 0.6 is 0 Å². The van der Waals surface area contributed by atoms with Gasteiger partial charge in [0.2, 0.25) is 10.0 Å². The summed E-state index contributed by atoms with van der Waals surface area (Å²) in [5.74, 6) is -1.38. The fraction of sp³-hybridized carbons (Fsp3) is 0.500. The molecule has 0 unspecified atom stereocenters. The molecule has 1 aromatic carbocycles. The molecule has 9 heteroatoms. The SMILES string of the molecule is CNC(=O)COc1ccc(S(=O)(=O)N2CCN(C)CC2)cc1F. The van der Waals surface area contributed by atoms with Crippen molar-refractivity contribution in [1.82, 2.24) is 14.5 Å². The highest BCUT2D eigenvalue weighted by atomic mass is 32.2. The Morgan fingerprint density at radius 1 is 1.30 bits per heavy atom. The van der Waals surface area contributed by atoms with Gasteiger partial charge in [0, 0.05) is 33.2 Å². The first-order valence-corrected chi connectivity index (χ1v) is 8.60. The number of benzene rings is 1. The Labute approximate surface area is 135 Å². The highest BCUT2D eigenvalue weighted by molar-refractivity contribution is 7.89. The Morgan fingerprint density at radius 2 is 1.96 bits per heavy atom. The van der Waals surface area contributed by atoms with Crippen LogP contribution in [0.2, 0.25) is 0 Å². The first-order valence-electron chi connectivity index (χ1n) is 7.16. The third kappa shape index (κ3) is 4.18. The van der Waals surface area contributed by atoms with E-state index in [9.17, 15) is 17.6 Å². The van der Waals surface area contributed by atoms with Crippen LogP contribution < -0.4 is 10.1 Å². The number of piperazine rings is 1. The second kappa shape index (κ2) is 7.24. The van der Waals surface area contributed by atoms with E-state index < -0.39 is 21.7 Å². The number of amides is 1. The Bertz CT molecular complexity index is 673. The Balaban J connectivity index is 2.14. The van der Waals surface area contributed by atoms with Gasteiger partial charge in [-0.3, -0.25) is 4.79 Å². The lowest BCUT2D eigenvalue weighted by Gasteiger charge is -2.31. The third-order valence-electron chi connectivity index (χ3n) is 3.64. The van der Waals surface area contributed by atoms with Crippen molar-refractivity contribution in [3.8, 4) is 5.75 Å². The highest BCUT2D eigenvalue weighted by Crippen LogP contribution is 2.24. The van der Waals surface area contributed by atoms with Crippen LogP contribution in [0.25, 0.3) is 0 Å². The number of nitrogens with zero attached hydrogens (tertiary/aromatic N) is 2. The van der Waals surface area contributed by atoms with Gasteiger partial charge in [-0.25, -0.2) is 12.8 Å². The second-order valence-corrected chi connectivity index (χ2v) is 7.20. The van der Waals surface area contributed by atoms with E-state index in [1.807, 2.05) is 11.9 Å². The summed E-state index contributed by atoms with van der Waals surface area (Å²) in [7, 11) is -0.372. The molecule has 1 aliphatic heterocycles. The molecule has 0 radical (unpaired) electrons. The van der Waals surface area contributed by atoms with Crippen LogP contribution in [0.15, 0.2) is 23.1 Å². The number of hydrogen-bond donors (Lipinski definition) is 1. The Kier molecular flexibility index (Phi) is 5.55. The predicted octanol–water partition coefficient (Wildman–Crippen LogP) is -0.113. The highest BCUT2D eigenvalue weighted by Gasteiger charge is 2.28. The molecular weight excluding hydrogens is 325 g/mol. The Morgan fingerprint density at radius 3 is 2.52 bits per heavy atom. The summed E-state index contributed by atoms with van der Waals surface area (Å²) in [4.78, 5) is 13.0. The van der Waals surface area contributed by atoms with E-state index in [4.69, 9.17) is 4.74 Å². The van der Waals surface area contributed by atoms with Crippen LogP contribution in [-0.4, -0.2) is 70.4 Å². The number of carbonyl (C=O) groups is 1. The largest absolute Gasteiger partial charge is 0.481 e. The topological polar surface area (TPSA) is 78.9 Å². The van der Waals surface area contributed by atoms with Gasteiger partial charge in [-0.15, -0.1) is 0 Å². The maximum Gasteiger partial charge on any atom is 0.257 e. The second-order valence-electron chi connectivity index (χ2n) is 5.26. The summed E-state index contributed by atoms with van der Waals surface area (Å²) in [6.07, 6.45) is 0. The summed E-state index contributed by atoms with van der Waals surface area (Å²) in [6.45, 7) is 1.67. The lowest BCUT2D eigenvalue weighted by molar-refractivity contribution is -0.122. The first kappa shape index (κ1) is 17.6. The minimum Gasteiger partial charge on any atom is -0.481 e. The molecule has 1 aliphatic rings. The molecular formula is C14H20FN3O4S. The number of ether oxygens (including phenoxy) is 1. The van der Waals surface area contributed by atoms with Crippen LogP contribution in [0, 0.1) is 5.82 Å². The van der Waals surface area contributed by atoms with Crippen LogP contribution in [0.4, 0.5) is 4.39 Å². The molecule has 0 atom stereocenters. The number of sulfonamides is 1. The maximum absolute atomic E-state index is 14.0. The minimum absolute atomic E-state index is 0.119. The molecule has 7 nitrogen and oxygen atoms in total. The van der Waals surface area contributed by atoms with Crippen molar-refractivity contribution in [2.24, 2.45) is 0 Å². The van der Waals surface area contributed by atoms with Gasteiger partial charge in [-0.05, 0) is 25.2 Å². The number of likely N-dealkylation sites (N-methyl/N-ethyl adjacent to an activating group) is 2. The fourth-order valence-electron chi connectivity index (χ4n) is 2.15. The van der Waals surface area contributed by atoms with Crippen molar-refractivity contribution in [3.63, 3.8) is 0 Å². The van der Waals surface area contributed by atoms with Gasteiger partial charge in [0.15, 0.2) is 18.2 Å². The molecule has 0 spiro atoms. The van der Waals surface area contributed by atoms with Crippen molar-refractivity contribution in [2.45, 2.75) is 4.90 Å². The van der Waals surface area contributed by atoms with Crippen LogP contribution in [0.5, 0.6) is 5.75 Å². The maximum atomic E-state index is 14.0. The van der Waals surface area contributed by atoms with Crippen molar-refractivity contribution in [2.75, 3.05) is 46.9 Å². The lowest BCUT2D eigenvalue weighted by atomic mass is 10.3. The van der Waals surface area contributed by atoms with Gasteiger partial charge in [0.25, 0.3) is 5.91 Å². The zero-order valence-electron chi connectivity index (χ0n) is 13.1. The van der Waals surface area contributed by atoms with E-state index in [-0.39, 0.29) is 17.3 Å². The molecule has 1 N–H and O–H groups in total. The molecule has 0 bridgehead atoms. The summed E-state index contributed by atoms with van der Waals surface area (Å²) >= 11 is 0. The molecule has 2 rings (SSSR count). The fourth-order valence-corrected chi connectivity index (χ4v) is 3.59. The zero-order valence-corrected chi connectivity index (χ0v) is 13.9. The van der Waals surface area contributed by atoms with E-state index in [2.05, 4.69) is 5.32 Å². The number of carbonyl (C=O) groups excluding carboxylic acids is 1. The quantitative estimate of drug-likeness (QED) is 0.805. The molecule has 0 saturated carbocycles. The molecule has 0 aliphatic carbocycles. The van der Waals surface area contributed by atoms with Gasteiger partial charge in [-0.1, -0.05) is 0 Å². The number of halogens is 1. The molecule has 0 aromatic heterocycles. The molecule has 1 saturated heterocycles. The molecule has 1 heterocycles. The monoisotopic (exact) mass is 345 g/mol. The smallest absolute Gasteiger partial charge is 0.257 e.